The van der Waals surface area contributed by atoms with Gasteiger partial charge in [-0.25, -0.2) is 0 Å². The van der Waals surface area contributed by atoms with Crippen LogP contribution in [0.5, 0.6) is 0 Å². The molecule has 0 aliphatic carbocycles. The van der Waals surface area contributed by atoms with Crippen LogP contribution in [0.25, 0.3) is 0 Å². The van der Waals surface area contributed by atoms with Gasteiger partial charge in [0.25, 0.3) is 0 Å². The smallest absolute Gasteiger partial charge is 0.148 e. The highest BCUT2D eigenvalue weighted by atomic mass is 32.2. The Balaban J connectivity index is 1.84. The second-order valence-electron chi connectivity index (χ2n) is 3.62. The van der Waals surface area contributed by atoms with E-state index in [0.29, 0.717) is 5.82 Å². The summed E-state index contributed by atoms with van der Waals surface area (Å²) in [6.07, 6.45) is 1.99. The molecule has 3 nitrogen and oxygen atoms in total. The number of nitrogen functional groups attached to an aromatic ring is 1. The van der Waals surface area contributed by atoms with Crippen LogP contribution in [0.3, 0.4) is 0 Å². The highest BCUT2D eigenvalue weighted by Gasteiger charge is 2.00. The van der Waals surface area contributed by atoms with Crippen LogP contribution in [0, 0.1) is 6.92 Å². The van der Waals surface area contributed by atoms with Crippen LogP contribution in [0.1, 0.15) is 5.56 Å². The first-order valence-electron chi connectivity index (χ1n) is 5.23. The fraction of sp³-hybridized carbons (Fsp3) is 0.250. The zero-order valence-electron chi connectivity index (χ0n) is 9.26. The van der Waals surface area contributed by atoms with Gasteiger partial charge in [-0.2, -0.15) is 5.10 Å². The summed E-state index contributed by atoms with van der Waals surface area (Å²) < 4.78 is 1.90. The van der Waals surface area contributed by atoms with Crippen LogP contribution in [0.2, 0.25) is 0 Å². The van der Waals surface area contributed by atoms with Gasteiger partial charge in [-0.15, -0.1) is 11.8 Å². The molecule has 0 radical (unpaired) electrons. The van der Waals surface area contributed by atoms with Gasteiger partial charge in [-0.1, -0.05) is 18.2 Å². The molecule has 1 aromatic heterocycles. The molecule has 0 fully saturated rings. The fourth-order valence-electron chi connectivity index (χ4n) is 1.42. The zero-order valence-corrected chi connectivity index (χ0v) is 10.1. The second-order valence-corrected chi connectivity index (χ2v) is 4.79. The van der Waals surface area contributed by atoms with E-state index < -0.39 is 0 Å². The average molecular weight is 233 g/mol. The average Bonchev–Trinajstić information content (AvgIpc) is 2.60. The Labute approximate surface area is 99.7 Å². The molecule has 2 N–H and O–H groups in total. The third kappa shape index (κ3) is 2.79. The Hall–Kier alpha value is -1.42. The molecular formula is C12H15N3S. The number of aryl methyl sites for hydroxylation is 2. The highest BCUT2D eigenvalue weighted by Crippen LogP contribution is 2.17. The monoisotopic (exact) mass is 233 g/mol. The summed E-state index contributed by atoms with van der Waals surface area (Å²) >= 11 is 1.83. The number of anilines is 1. The van der Waals surface area contributed by atoms with E-state index in [1.807, 2.05) is 35.6 Å². The largest absolute Gasteiger partial charge is 0.382 e. The van der Waals surface area contributed by atoms with Crippen molar-refractivity contribution >= 4 is 17.6 Å². The molecular weight excluding hydrogens is 218 g/mol. The Morgan fingerprint density at radius 1 is 1.31 bits per heavy atom. The minimum atomic E-state index is 0.629. The summed E-state index contributed by atoms with van der Waals surface area (Å²) in [6.45, 7) is 2.86. The molecule has 2 rings (SSSR count). The van der Waals surface area contributed by atoms with Crippen molar-refractivity contribution in [3.05, 3.63) is 42.1 Å². The van der Waals surface area contributed by atoms with Gasteiger partial charge in [-0.3, -0.25) is 4.68 Å². The van der Waals surface area contributed by atoms with Crippen LogP contribution < -0.4 is 5.73 Å². The summed E-state index contributed by atoms with van der Waals surface area (Å²) in [5.74, 6) is 1.63. The maximum atomic E-state index is 5.68. The lowest BCUT2D eigenvalue weighted by atomic mass is 10.4. The molecule has 0 unspecified atom stereocenters. The SMILES string of the molecule is Cc1cn(CCSc2ccccc2)nc1N. The van der Waals surface area contributed by atoms with E-state index in [1.54, 1.807) is 0 Å². The molecule has 4 heteroatoms. The molecule has 0 saturated carbocycles. The van der Waals surface area contributed by atoms with Crippen LogP contribution >= 0.6 is 11.8 Å². The van der Waals surface area contributed by atoms with Crippen molar-refractivity contribution in [2.45, 2.75) is 18.4 Å². The number of rotatable bonds is 4. The Morgan fingerprint density at radius 2 is 2.06 bits per heavy atom. The second kappa shape index (κ2) is 5.07. The van der Waals surface area contributed by atoms with Crippen molar-refractivity contribution in [1.29, 1.82) is 0 Å². The molecule has 84 valence electrons. The standard InChI is InChI=1S/C12H15N3S/c1-10-9-15(14-12(10)13)7-8-16-11-5-3-2-4-6-11/h2-6,9H,7-8H2,1H3,(H2,13,14). The Morgan fingerprint density at radius 3 is 2.69 bits per heavy atom. The molecule has 16 heavy (non-hydrogen) atoms. The minimum Gasteiger partial charge on any atom is -0.382 e. The molecule has 0 bridgehead atoms. The first kappa shape index (κ1) is 11.1. The summed E-state index contributed by atoms with van der Waals surface area (Å²) in [4.78, 5) is 1.29. The van der Waals surface area contributed by atoms with E-state index in [-0.39, 0.29) is 0 Å². The predicted octanol–water partition coefficient (Wildman–Crippen LogP) is 2.57. The fourth-order valence-corrected chi connectivity index (χ4v) is 2.29. The van der Waals surface area contributed by atoms with Gasteiger partial charge in [0.05, 0.1) is 6.54 Å². The zero-order chi connectivity index (χ0) is 11.4. The molecule has 1 aromatic carbocycles. The number of nitrogens with zero attached hydrogens (tertiary/aromatic N) is 2. The van der Waals surface area contributed by atoms with Crippen LogP contribution in [-0.4, -0.2) is 15.5 Å². The number of hydrogen-bond donors (Lipinski definition) is 1. The number of thioether (sulfide) groups is 1. The first-order chi connectivity index (χ1) is 7.75. The highest BCUT2D eigenvalue weighted by molar-refractivity contribution is 7.99. The van der Waals surface area contributed by atoms with Gasteiger partial charge in [0, 0.05) is 22.4 Å². The van der Waals surface area contributed by atoms with Gasteiger partial charge in [0.15, 0.2) is 0 Å². The number of benzene rings is 1. The van der Waals surface area contributed by atoms with Crippen molar-refractivity contribution in [2.75, 3.05) is 11.5 Å². The molecule has 2 aromatic rings. The molecule has 1 heterocycles. The summed E-state index contributed by atoms with van der Waals surface area (Å²) in [5, 5.41) is 4.22. The van der Waals surface area contributed by atoms with Gasteiger partial charge in [0.1, 0.15) is 5.82 Å². The summed E-state index contributed by atoms with van der Waals surface area (Å²) in [7, 11) is 0. The third-order valence-electron chi connectivity index (χ3n) is 2.32. The van der Waals surface area contributed by atoms with Crippen LogP contribution in [0.15, 0.2) is 41.4 Å². The van der Waals surface area contributed by atoms with Gasteiger partial charge < -0.3 is 5.73 Å². The maximum Gasteiger partial charge on any atom is 0.148 e. The minimum absolute atomic E-state index is 0.629. The van der Waals surface area contributed by atoms with Crippen LogP contribution in [0.4, 0.5) is 5.82 Å². The van der Waals surface area contributed by atoms with E-state index in [4.69, 9.17) is 5.73 Å². The lowest BCUT2D eigenvalue weighted by molar-refractivity contribution is 0.669. The predicted molar refractivity (Wildman–Crippen MR) is 68.5 cm³/mol. The molecule has 0 aliphatic heterocycles. The van der Waals surface area contributed by atoms with Crippen molar-refractivity contribution in [1.82, 2.24) is 9.78 Å². The van der Waals surface area contributed by atoms with Gasteiger partial charge >= 0.3 is 0 Å². The van der Waals surface area contributed by atoms with Crippen molar-refractivity contribution in [3.63, 3.8) is 0 Å². The molecule has 0 atom stereocenters. The lowest BCUT2D eigenvalue weighted by Crippen LogP contribution is -2.01. The first-order valence-corrected chi connectivity index (χ1v) is 6.21. The topological polar surface area (TPSA) is 43.8 Å². The quantitative estimate of drug-likeness (QED) is 0.825. The van der Waals surface area contributed by atoms with E-state index in [2.05, 4.69) is 29.4 Å². The van der Waals surface area contributed by atoms with E-state index in [9.17, 15) is 0 Å². The van der Waals surface area contributed by atoms with Crippen molar-refractivity contribution in [2.24, 2.45) is 0 Å². The molecule has 0 amide bonds. The van der Waals surface area contributed by atoms with Gasteiger partial charge in [-0.05, 0) is 19.1 Å². The van der Waals surface area contributed by atoms with E-state index >= 15 is 0 Å². The van der Waals surface area contributed by atoms with E-state index in [0.717, 1.165) is 17.9 Å². The molecule has 0 spiro atoms. The van der Waals surface area contributed by atoms with E-state index in [1.165, 1.54) is 4.90 Å². The lowest BCUT2D eigenvalue weighted by Gasteiger charge is -2.01. The van der Waals surface area contributed by atoms with Gasteiger partial charge in [0.2, 0.25) is 0 Å². The van der Waals surface area contributed by atoms with Crippen LogP contribution in [-0.2, 0) is 6.54 Å². The Bertz CT molecular complexity index is 431. The number of aromatic nitrogens is 2. The normalized spacial score (nSPS) is 10.6. The Kier molecular flexibility index (Phi) is 3.51. The third-order valence-corrected chi connectivity index (χ3v) is 3.31. The maximum absolute atomic E-state index is 5.68. The number of nitrogens with two attached hydrogens (primary N) is 1. The van der Waals surface area contributed by atoms with Crippen molar-refractivity contribution < 1.29 is 0 Å². The summed E-state index contributed by atoms with van der Waals surface area (Å²) in [6, 6.07) is 10.4. The number of hydrogen-bond acceptors (Lipinski definition) is 3. The van der Waals surface area contributed by atoms with Crippen molar-refractivity contribution in [3.8, 4) is 0 Å². The molecule has 0 saturated heterocycles. The summed E-state index contributed by atoms with van der Waals surface area (Å²) in [5.41, 5.74) is 6.73. The molecule has 0 aliphatic rings.